The van der Waals surface area contributed by atoms with Crippen LogP contribution in [0.4, 0.5) is 4.79 Å². The summed E-state index contributed by atoms with van der Waals surface area (Å²) in [6, 6.07) is 9.23. The van der Waals surface area contributed by atoms with Crippen molar-refractivity contribution in [3.8, 4) is 5.88 Å². The topological polar surface area (TPSA) is 139 Å². The molecule has 178 valence electrons. The molecule has 1 aromatic carbocycles. The minimum absolute atomic E-state index is 0.138. The average molecular weight is 497 g/mol. The normalized spacial score (nSPS) is 14.7. The zero-order valence-corrected chi connectivity index (χ0v) is 19.6. The molecule has 1 aromatic heterocycles. The molecule has 33 heavy (non-hydrogen) atoms. The van der Waals surface area contributed by atoms with Crippen LogP contribution in [-0.2, 0) is 16.4 Å². The van der Waals surface area contributed by atoms with Gasteiger partial charge in [-0.2, -0.15) is 4.98 Å². The lowest BCUT2D eigenvalue weighted by atomic mass is 9.94. The summed E-state index contributed by atoms with van der Waals surface area (Å²) < 4.78 is 29.6. The highest BCUT2D eigenvalue weighted by molar-refractivity contribution is 7.90. The van der Waals surface area contributed by atoms with Crippen molar-refractivity contribution in [2.24, 2.45) is 5.92 Å². The Morgan fingerprint density at radius 3 is 2.48 bits per heavy atom. The standard InChI is InChI=1S/C21H25ClN4O6S/c1-33(30,31)20-24-17(22)16(18(27)23-13-15-5-3-2-4-6-15)19(25-20)32-12-9-14-7-10-26(11-8-14)21(28)29/h2-6,14H,7-13H2,1H3,(H,23,27)(H,28,29). The van der Waals surface area contributed by atoms with E-state index in [1.54, 1.807) is 0 Å². The number of nitrogens with zero attached hydrogens (tertiary/aromatic N) is 3. The number of hydrogen-bond acceptors (Lipinski definition) is 7. The lowest BCUT2D eigenvalue weighted by molar-refractivity contribution is 0.0944. The lowest BCUT2D eigenvalue weighted by Crippen LogP contribution is -2.37. The van der Waals surface area contributed by atoms with Crippen molar-refractivity contribution >= 4 is 33.4 Å². The zero-order valence-electron chi connectivity index (χ0n) is 18.0. The maximum absolute atomic E-state index is 12.8. The molecule has 2 aromatic rings. The molecule has 1 aliphatic heterocycles. The molecular weight excluding hydrogens is 472 g/mol. The molecule has 2 heterocycles. The Morgan fingerprint density at radius 2 is 1.88 bits per heavy atom. The van der Waals surface area contributed by atoms with Crippen LogP contribution in [-0.4, -0.2) is 66.3 Å². The summed E-state index contributed by atoms with van der Waals surface area (Å²) in [6.45, 7) is 1.29. The molecule has 12 heteroatoms. The number of likely N-dealkylation sites (tertiary alicyclic amines) is 1. The van der Waals surface area contributed by atoms with Crippen LogP contribution in [0.25, 0.3) is 0 Å². The van der Waals surface area contributed by atoms with Crippen molar-refractivity contribution in [1.29, 1.82) is 0 Å². The van der Waals surface area contributed by atoms with Gasteiger partial charge in [-0.3, -0.25) is 4.79 Å². The van der Waals surface area contributed by atoms with E-state index in [1.165, 1.54) is 4.90 Å². The van der Waals surface area contributed by atoms with Gasteiger partial charge < -0.3 is 20.1 Å². The first kappa shape index (κ1) is 24.7. The van der Waals surface area contributed by atoms with Crippen LogP contribution in [0.1, 0.15) is 35.2 Å². The third-order valence-corrected chi connectivity index (χ3v) is 6.44. The molecule has 1 saturated heterocycles. The van der Waals surface area contributed by atoms with E-state index in [4.69, 9.17) is 21.4 Å². The van der Waals surface area contributed by atoms with Crippen molar-refractivity contribution in [3.63, 3.8) is 0 Å². The number of carboxylic acid groups (broad SMARTS) is 1. The Kier molecular flexibility index (Phi) is 8.09. The number of benzene rings is 1. The van der Waals surface area contributed by atoms with E-state index in [0.29, 0.717) is 32.4 Å². The van der Waals surface area contributed by atoms with Crippen LogP contribution >= 0.6 is 11.6 Å². The molecule has 1 aliphatic rings. The van der Waals surface area contributed by atoms with E-state index < -0.39 is 27.0 Å². The first-order valence-electron chi connectivity index (χ1n) is 10.4. The van der Waals surface area contributed by atoms with Gasteiger partial charge in [0.05, 0.1) is 6.61 Å². The van der Waals surface area contributed by atoms with Crippen LogP contribution in [0.2, 0.25) is 5.15 Å². The van der Waals surface area contributed by atoms with Gasteiger partial charge in [-0.05, 0) is 30.7 Å². The second kappa shape index (κ2) is 10.8. The minimum atomic E-state index is -3.78. The third-order valence-electron chi connectivity index (χ3n) is 5.32. The van der Waals surface area contributed by atoms with Gasteiger partial charge in [0.2, 0.25) is 15.7 Å². The fraction of sp³-hybridized carbons (Fsp3) is 0.429. The van der Waals surface area contributed by atoms with Gasteiger partial charge in [0, 0.05) is 25.9 Å². The molecule has 0 atom stereocenters. The highest BCUT2D eigenvalue weighted by atomic mass is 35.5. The third kappa shape index (κ3) is 6.78. The number of amides is 2. The van der Waals surface area contributed by atoms with Crippen molar-refractivity contribution in [1.82, 2.24) is 20.2 Å². The molecule has 10 nitrogen and oxygen atoms in total. The maximum Gasteiger partial charge on any atom is 0.407 e. The molecule has 0 radical (unpaired) electrons. The van der Waals surface area contributed by atoms with E-state index in [1.807, 2.05) is 30.3 Å². The highest BCUT2D eigenvalue weighted by Crippen LogP contribution is 2.26. The number of hydrogen-bond donors (Lipinski definition) is 2. The minimum Gasteiger partial charge on any atom is -0.477 e. The summed E-state index contributed by atoms with van der Waals surface area (Å²) in [6.07, 6.45) is 1.99. The SMILES string of the molecule is CS(=O)(=O)c1nc(Cl)c(C(=O)NCc2ccccc2)c(OCCC2CCN(C(=O)O)CC2)n1. The van der Waals surface area contributed by atoms with Gasteiger partial charge in [-0.1, -0.05) is 41.9 Å². The first-order chi connectivity index (χ1) is 15.6. The Balaban J connectivity index is 1.71. The van der Waals surface area contributed by atoms with Crippen LogP contribution in [0.5, 0.6) is 5.88 Å². The van der Waals surface area contributed by atoms with E-state index in [2.05, 4.69) is 15.3 Å². The maximum atomic E-state index is 12.8. The number of carbonyl (C=O) groups excluding carboxylic acids is 1. The largest absolute Gasteiger partial charge is 0.477 e. The molecule has 0 unspecified atom stereocenters. The van der Waals surface area contributed by atoms with E-state index in [-0.39, 0.29) is 35.7 Å². The summed E-state index contributed by atoms with van der Waals surface area (Å²) in [5.41, 5.74) is 0.728. The molecule has 2 amide bonds. The van der Waals surface area contributed by atoms with Crippen molar-refractivity contribution < 1.29 is 27.9 Å². The quantitative estimate of drug-likeness (QED) is 0.420. The average Bonchev–Trinajstić information content (AvgIpc) is 2.77. The van der Waals surface area contributed by atoms with Gasteiger partial charge >= 0.3 is 6.09 Å². The molecule has 0 saturated carbocycles. The van der Waals surface area contributed by atoms with Crippen molar-refractivity contribution in [2.45, 2.75) is 31.0 Å². The Bertz CT molecular complexity index is 1110. The van der Waals surface area contributed by atoms with Crippen LogP contribution in [0, 0.1) is 5.92 Å². The fourth-order valence-corrected chi connectivity index (χ4v) is 4.26. The summed E-state index contributed by atoms with van der Waals surface area (Å²) in [5.74, 6) is -0.555. The van der Waals surface area contributed by atoms with E-state index in [0.717, 1.165) is 11.8 Å². The Hall–Kier alpha value is -2.92. The number of rotatable bonds is 8. The number of piperidine rings is 1. The summed E-state index contributed by atoms with van der Waals surface area (Å²) in [7, 11) is -3.78. The van der Waals surface area contributed by atoms with Crippen LogP contribution in [0.3, 0.4) is 0 Å². The number of carbonyl (C=O) groups is 2. The first-order valence-corrected chi connectivity index (χ1v) is 12.6. The molecule has 1 fully saturated rings. The Labute approximate surface area is 196 Å². The van der Waals surface area contributed by atoms with Gasteiger partial charge in [-0.25, -0.2) is 18.2 Å². The van der Waals surface area contributed by atoms with Gasteiger partial charge in [0.25, 0.3) is 11.1 Å². The predicted molar refractivity (Wildman–Crippen MR) is 120 cm³/mol. The number of nitrogens with one attached hydrogen (secondary N) is 1. The second-order valence-electron chi connectivity index (χ2n) is 7.77. The zero-order chi connectivity index (χ0) is 24.0. The van der Waals surface area contributed by atoms with Crippen molar-refractivity contribution in [3.05, 3.63) is 46.6 Å². The predicted octanol–water partition coefficient (Wildman–Crippen LogP) is 2.62. The number of halogens is 1. The summed E-state index contributed by atoms with van der Waals surface area (Å²) in [4.78, 5) is 32.9. The molecule has 2 N–H and O–H groups in total. The number of aromatic nitrogens is 2. The fourth-order valence-electron chi connectivity index (χ4n) is 3.46. The summed E-state index contributed by atoms with van der Waals surface area (Å²) >= 11 is 6.17. The Morgan fingerprint density at radius 1 is 1.21 bits per heavy atom. The molecule has 3 rings (SSSR count). The van der Waals surface area contributed by atoms with Crippen molar-refractivity contribution in [2.75, 3.05) is 26.0 Å². The summed E-state index contributed by atoms with van der Waals surface area (Å²) in [5, 5.41) is 10.9. The van der Waals surface area contributed by atoms with Gasteiger partial charge in [0.15, 0.2) is 5.15 Å². The molecule has 0 bridgehead atoms. The lowest BCUT2D eigenvalue weighted by Gasteiger charge is -2.29. The molecular formula is C21H25ClN4O6S. The van der Waals surface area contributed by atoms with Gasteiger partial charge in [0.1, 0.15) is 5.56 Å². The molecule has 0 spiro atoms. The highest BCUT2D eigenvalue weighted by Gasteiger charge is 2.26. The van der Waals surface area contributed by atoms with E-state index >= 15 is 0 Å². The second-order valence-corrected chi connectivity index (χ2v) is 10.0. The van der Waals surface area contributed by atoms with Gasteiger partial charge in [-0.15, -0.1) is 0 Å². The van der Waals surface area contributed by atoms with Crippen LogP contribution < -0.4 is 10.1 Å². The number of ether oxygens (including phenoxy) is 1. The van der Waals surface area contributed by atoms with E-state index in [9.17, 15) is 18.0 Å². The molecule has 0 aliphatic carbocycles. The van der Waals surface area contributed by atoms with Crippen LogP contribution in [0.15, 0.2) is 35.5 Å². The smallest absolute Gasteiger partial charge is 0.407 e. The monoisotopic (exact) mass is 496 g/mol. The number of sulfone groups is 1.